The Hall–Kier alpha value is -2.02. The summed E-state index contributed by atoms with van der Waals surface area (Å²) in [6.07, 6.45) is 7.75. The van der Waals surface area contributed by atoms with Gasteiger partial charge in [0.1, 0.15) is 5.52 Å². The highest BCUT2D eigenvalue weighted by molar-refractivity contribution is 5.80. The van der Waals surface area contributed by atoms with Crippen LogP contribution in [-0.2, 0) is 11.3 Å². The van der Waals surface area contributed by atoms with Crippen LogP contribution in [0.25, 0.3) is 11.2 Å². The van der Waals surface area contributed by atoms with Crippen molar-refractivity contribution in [3.05, 3.63) is 18.1 Å². The lowest BCUT2D eigenvalue weighted by Gasteiger charge is -2.29. The third-order valence-electron chi connectivity index (χ3n) is 5.49. The Morgan fingerprint density at radius 2 is 2.04 bits per heavy atom. The number of aromatic nitrogens is 4. The minimum Gasteiger partial charge on any atom is -0.342 e. The monoisotopic (exact) mass is 342 g/mol. The molecule has 0 radical (unpaired) electrons. The number of rotatable bonds is 5. The van der Waals surface area contributed by atoms with Crippen molar-refractivity contribution < 1.29 is 4.79 Å². The second-order valence-corrected chi connectivity index (χ2v) is 7.54. The molecule has 1 unspecified atom stereocenters. The fraction of sp³-hybridized carbons (Fsp3) is 0.667. The largest absolute Gasteiger partial charge is 0.342 e. The van der Waals surface area contributed by atoms with Gasteiger partial charge in [0, 0.05) is 43.9 Å². The minimum absolute atomic E-state index is 0.267. The quantitative estimate of drug-likeness (QED) is 0.824. The highest BCUT2D eigenvalue weighted by Crippen LogP contribution is 2.34. The van der Waals surface area contributed by atoms with Crippen LogP contribution < -0.4 is 0 Å². The van der Waals surface area contributed by atoms with E-state index >= 15 is 0 Å². The molecule has 7 nitrogen and oxygen atoms in total. The van der Waals surface area contributed by atoms with Crippen LogP contribution in [0.15, 0.2) is 12.4 Å². The van der Waals surface area contributed by atoms with Crippen LogP contribution in [0.4, 0.5) is 0 Å². The number of hydrogen-bond acceptors (Lipinski definition) is 5. The molecule has 2 fully saturated rings. The lowest BCUT2D eigenvalue weighted by molar-refractivity contribution is -0.137. The molecule has 1 saturated carbocycles. The van der Waals surface area contributed by atoms with Crippen LogP contribution in [0, 0.1) is 5.92 Å². The standard InChI is InChI=1S/C18H26N6O/c1-22(2)10-11-24-17-16(19-7-8-20-17)15(21-24)14-6-9-23(12-14)18(25)13-4-3-5-13/h7-8,13-14H,3-6,9-12H2,1-2H3. The smallest absolute Gasteiger partial charge is 0.225 e. The third-order valence-corrected chi connectivity index (χ3v) is 5.49. The predicted molar refractivity (Wildman–Crippen MR) is 95.2 cm³/mol. The molecule has 2 aliphatic rings. The SMILES string of the molecule is CN(C)CCn1nc(C2CCN(C(=O)C3CCC3)C2)c2nccnc21. The van der Waals surface area contributed by atoms with Crippen molar-refractivity contribution in [3.63, 3.8) is 0 Å². The van der Waals surface area contributed by atoms with Crippen molar-refractivity contribution in [1.29, 1.82) is 0 Å². The zero-order valence-corrected chi connectivity index (χ0v) is 15.1. The number of amides is 1. The second-order valence-electron chi connectivity index (χ2n) is 7.54. The van der Waals surface area contributed by atoms with Crippen molar-refractivity contribution in [1.82, 2.24) is 29.5 Å². The van der Waals surface area contributed by atoms with Gasteiger partial charge in [-0.15, -0.1) is 0 Å². The molecule has 2 aromatic heterocycles. The van der Waals surface area contributed by atoms with Gasteiger partial charge < -0.3 is 9.80 Å². The number of carbonyl (C=O) groups excluding carboxylic acids is 1. The van der Waals surface area contributed by atoms with E-state index in [0.29, 0.717) is 5.91 Å². The maximum atomic E-state index is 12.5. The molecular formula is C18H26N6O. The first-order valence-corrected chi connectivity index (χ1v) is 9.24. The summed E-state index contributed by atoms with van der Waals surface area (Å²) in [4.78, 5) is 25.7. The summed E-state index contributed by atoms with van der Waals surface area (Å²) >= 11 is 0. The van der Waals surface area contributed by atoms with E-state index in [4.69, 9.17) is 5.10 Å². The Morgan fingerprint density at radius 3 is 2.76 bits per heavy atom. The van der Waals surface area contributed by atoms with E-state index in [1.807, 2.05) is 9.58 Å². The zero-order chi connectivity index (χ0) is 17.4. The average Bonchev–Trinajstić information content (AvgIpc) is 3.16. The molecule has 1 amide bonds. The summed E-state index contributed by atoms with van der Waals surface area (Å²) in [6, 6.07) is 0. The summed E-state index contributed by atoms with van der Waals surface area (Å²) in [6.45, 7) is 3.31. The van der Waals surface area contributed by atoms with Crippen molar-refractivity contribution in [2.45, 2.75) is 38.1 Å². The van der Waals surface area contributed by atoms with E-state index in [-0.39, 0.29) is 11.8 Å². The van der Waals surface area contributed by atoms with Gasteiger partial charge in [-0.05, 0) is 33.4 Å². The fourth-order valence-corrected chi connectivity index (χ4v) is 3.75. The Labute approximate surface area is 148 Å². The van der Waals surface area contributed by atoms with E-state index < -0.39 is 0 Å². The minimum atomic E-state index is 0.267. The zero-order valence-electron chi connectivity index (χ0n) is 15.1. The van der Waals surface area contributed by atoms with Crippen molar-refractivity contribution in [2.24, 2.45) is 5.92 Å². The molecule has 0 aromatic carbocycles. The summed E-state index contributed by atoms with van der Waals surface area (Å²) < 4.78 is 1.97. The first kappa shape index (κ1) is 16.4. The molecule has 7 heteroatoms. The Morgan fingerprint density at radius 1 is 1.24 bits per heavy atom. The summed E-state index contributed by atoms with van der Waals surface area (Å²) in [5, 5.41) is 4.84. The van der Waals surface area contributed by atoms with Crippen LogP contribution in [-0.4, -0.2) is 69.2 Å². The maximum Gasteiger partial charge on any atom is 0.225 e. The molecule has 3 heterocycles. The fourth-order valence-electron chi connectivity index (χ4n) is 3.75. The first-order valence-electron chi connectivity index (χ1n) is 9.24. The van der Waals surface area contributed by atoms with Crippen LogP contribution in [0.5, 0.6) is 0 Å². The lowest BCUT2D eigenvalue weighted by Crippen LogP contribution is -2.37. The number of nitrogens with zero attached hydrogens (tertiary/aromatic N) is 6. The molecule has 1 aliphatic heterocycles. The van der Waals surface area contributed by atoms with Gasteiger partial charge in [0.15, 0.2) is 5.65 Å². The topological polar surface area (TPSA) is 67.2 Å². The molecule has 1 atom stereocenters. The molecule has 2 aromatic rings. The molecule has 1 saturated heterocycles. The predicted octanol–water partition coefficient (Wildman–Crippen LogP) is 1.50. The Balaban J connectivity index is 1.55. The number of likely N-dealkylation sites (N-methyl/N-ethyl adjacent to an activating group) is 1. The third kappa shape index (κ3) is 3.13. The van der Waals surface area contributed by atoms with Gasteiger partial charge in [-0.25, -0.2) is 14.6 Å². The molecule has 1 aliphatic carbocycles. The number of carbonyl (C=O) groups is 1. The average molecular weight is 342 g/mol. The molecule has 0 spiro atoms. The summed E-state index contributed by atoms with van der Waals surface area (Å²) in [7, 11) is 4.11. The van der Waals surface area contributed by atoms with Gasteiger partial charge in [-0.3, -0.25) is 4.79 Å². The molecule has 0 N–H and O–H groups in total. The highest BCUT2D eigenvalue weighted by atomic mass is 16.2. The van der Waals surface area contributed by atoms with Crippen LogP contribution in [0.3, 0.4) is 0 Å². The van der Waals surface area contributed by atoms with Gasteiger partial charge >= 0.3 is 0 Å². The van der Waals surface area contributed by atoms with E-state index in [2.05, 4.69) is 29.0 Å². The Kier molecular flexibility index (Phi) is 4.41. The first-order chi connectivity index (χ1) is 12.1. The van der Waals surface area contributed by atoms with Gasteiger partial charge in [-0.1, -0.05) is 6.42 Å². The molecule has 134 valence electrons. The number of fused-ring (bicyclic) bond motifs is 1. The molecule has 0 bridgehead atoms. The van der Waals surface area contributed by atoms with Crippen LogP contribution in [0.2, 0.25) is 0 Å². The van der Waals surface area contributed by atoms with Crippen molar-refractivity contribution >= 4 is 17.1 Å². The van der Waals surface area contributed by atoms with E-state index in [9.17, 15) is 4.79 Å². The van der Waals surface area contributed by atoms with E-state index in [1.54, 1.807) is 12.4 Å². The Bertz CT molecular complexity index is 766. The maximum absolute atomic E-state index is 12.5. The van der Waals surface area contributed by atoms with Gasteiger partial charge in [0.25, 0.3) is 0 Å². The molecule has 25 heavy (non-hydrogen) atoms. The second kappa shape index (κ2) is 6.71. The lowest BCUT2D eigenvalue weighted by atomic mass is 9.84. The molecule has 4 rings (SSSR count). The normalized spacial score (nSPS) is 21.2. The number of likely N-dealkylation sites (tertiary alicyclic amines) is 1. The van der Waals surface area contributed by atoms with Gasteiger partial charge in [0.05, 0.1) is 12.2 Å². The van der Waals surface area contributed by atoms with Gasteiger partial charge in [0.2, 0.25) is 5.91 Å². The highest BCUT2D eigenvalue weighted by Gasteiger charge is 2.35. The van der Waals surface area contributed by atoms with Crippen molar-refractivity contribution in [3.8, 4) is 0 Å². The summed E-state index contributed by atoms with van der Waals surface area (Å²) in [5.41, 5.74) is 2.75. The van der Waals surface area contributed by atoms with Gasteiger partial charge in [-0.2, -0.15) is 5.10 Å². The van der Waals surface area contributed by atoms with Crippen LogP contribution in [0.1, 0.15) is 37.3 Å². The summed E-state index contributed by atoms with van der Waals surface area (Å²) in [5.74, 6) is 0.882. The number of hydrogen-bond donors (Lipinski definition) is 0. The van der Waals surface area contributed by atoms with Crippen LogP contribution >= 0.6 is 0 Å². The molecular weight excluding hydrogens is 316 g/mol. The van der Waals surface area contributed by atoms with E-state index in [1.165, 1.54) is 6.42 Å². The van der Waals surface area contributed by atoms with E-state index in [0.717, 1.165) is 62.3 Å². The van der Waals surface area contributed by atoms with Crippen molar-refractivity contribution in [2.75, 3.05) is 33.7 Å².